The van der Waals surface area contributed by atoms with Crippen molar-refractivity contribution >= 4 is 17.4 Å². The third-order valence-corrected chi connectivity index (χ3v) is 3.35. The molecule has 2 rings (SSSR count). The van der Waals surface area contributed by atoms with E-state index in [1.807, 2.05) is 0 Å². The minimum absolute atomic E-state index is 0.390. The number of aliphatic hydroxyl groups is 1. The molecule has 2 aromatic carbocycles. The van der Waals surface area contributed by atoms with Gasteiger partial charge in [0.05, 0.1) is 14.2 Å². The standard InChI is InChI=1S/C16H15ClO4/c1-20-13-8-5-11(9-14(13)21-2)16(19)15(18)10-3-6-12(17)7-4-10/h3-9,16,19H,1-2H3. The van der Waals surface area contributed by atoms with E-state index in [1.54, 1.807) is 42.5 Å². The molecule has 0 aliphatic rings. The zero-order valence-electron chi connectivity index (χ0n) is 11.7. The van der Waals surface area contributed by atoms with Gasteiger partial charge in [-0.3, -0.25) is 4.79 Å². The average Bonchev–Trinajstić information content (AvgIpc) is 2.53. The van der Waals surface area contributed by atoms with E-state index in [1.165, 1.54) is 14.2 Å². The summed E-state index contributed by atoms with van der Waals surface area (Å²) in [5.74, 6) is 0.587. The molecule has 0 fully saturated rings. The number of halogens is 1. The number of benzene rings is 2. The van der Waals surface area contributed by atoms with Crippen molar-refractivity contribution < 1.29 is 19.4 Å². The number of Topliss-reactive ketones (excluding diaryl/α,β-unsaturated/α-hetero) is 1. The van der Waals surface area contributed by atoms with E-state index >= 15 is 0 Å². The van der Waals surface area contributed by atoms with Crippen LogP contribution in [0.4, 0.5) is 0 Å². The number of ether oxygens (including phenoxy) is 2. The van der Waals surface area contributed by atoms with Gasteiger partial charge in [0.2, 0.25) is 0 Å². The third-order valence-electron chi connectivity index (χ3n) is 3.10. The first-order valence-electron chi connectivity index (χ1n) is 6.26. The number of hydrogen-bond donors (Lipinski definition) is 1. The molecule has 0 saturated heterocycles. The highest BCUT2D eigenvalue weighted by atomic mass is 35.5. The quantitative estimate of drug-likeness (QED) is 0.861. The third kappa shape index (κ3) is 3.35. The molecular weight excluding hydrogens is 292 g/mol. The predicted molar refractivity (Wildman–Crippen MR) is 80.3 cm³/mol. The smallest absolute Gasteiger partial charge is 0.195 e. The van der Waals surface area contributed by atoms with Crippen molar-refractivity contribution in [1.29, 1.82) is 0 Å². The summed E-state index contributed by atoms with van der Waals surface area (Å²) in [6.07, 6.45) is -1.27. The van der Waals surface area contributed by atoms with Gasteiger partial charge in [0, 0.05) is 10.6 Å². The van der Waals surface area contributed by atoms with Gasteiger partial charge in [-0.15, -0.1) is 0 Å². The van der Waals surface area contributed by atoms with Gasteiger partial charge in [-0.25, -0.2) is 0 Å². The summed E-state index contributed by atoms with van der Waals surface area (Å²) in [6.45, 7) is 0. The minimum atomic E-state index is -1.27. The van der Waals surface area contributed by atoms with Crippen molar-refractivity contribution in [2.24, 2.45) is 0 Å². The van der Waals surface area contributed by atoms with E-state index in [9.17, 15) is 9.90 Å². The first-order chi connectivity index (χ1) is 10.1. The molecule has 1 atom stereocenters. The van der Waals surface area contributed by atoms with Gasteiger partial charge in [0.25, 0.3) is 0 Å². The van der Waals surface area contributed by atoms with Crippen molar-refractivity contribution in [3.05, 3.63) is 58.6 Å². The number of aliphatic hydroxyl groups excluding tert-OH is 1. The van der Waals surface area contributed by atoms with Crippen LogP contribution in [0, 0.1) is 0 Å². The lowest BCUT2D eigenvalue weighted by molar-refractivity contribution is 0.0747. The normalized spacial score (nSPS) is 11.8. The number of carbonyl (C=O) groups is 1. The Hall–Kier alpha value is -2.04. The second-order valence-electron chi connectivity index (χ2n) is 4.39. The summed E-state index contributed by atoms with van der Waals surface area (Å²) in [6, 6.07) is 11.2. The molecular formula is C16H15ClO4. The van der Waals surface area contributed by atoms with Crippen molar-refractivity contribution in [2.75, 3.05) is 14.2 Å². The molecule has 0 radical (unpaired) electrons. The summed E-state index contributed by atoms with van der Waals surface area (Å²) in [5, 5.41) is 10.8. The van der Waals surface area contributed by atoms with Gasteiger partial charge >= 0.3 is 0 Å². The van der Waals surface area contributed by atoms with Crippen LogP contribution in [-0.2, 0) is 0 Å². The minimum Gasteiger partial charge on any atom is -0.493 e. The van der Waals surface area contributed by atoms with Crippen LogP contribution >= 0.6 is 11.6 Å². The summed E-state index contributed by atoms with van der Waals surface area (Å²) in [5.41, 5.74) is 0.828. The Bertz CT molecular complexity index is 637. The molecule has 0 spiro atoms. The van der Waals surface area contributed by atoms with Crippen LogP contribution in [0.25, 0.3) is 0 Å². The van der Waals surface area contributed by atoms with Crippen LogP contribution < -0.4 is 9.47 Å². The first-order valence-corrected chi connectivity index (χ1v) is 6.64. The molecule has 21 heavy (non-hydrogen) atoms. The molecule has 5 heteroatoms. The lowest BCUT2D eigenvalue weighted by Crippen LogP contribution is -2.12. The molecule has 0 aliphatic heterocycles. The predicted octanol–water partition coefficient (Wildman–Crippen LogP) is 3.27. The van der Waals surface area contributed by atoms with Crippen LogP contribution in [0.2, 0.25) is 5.02 Å². The lowest BCUT2D eigenvalue weighted by Gasteiger charge is -2.13. The number of methoxy groups -OCH3 is 2. The van der Waals surface area contributed by atoms with Crippen LogP contribution in [-0.4, -0.2) is 25.1 Å². The maximum Gasteiger partial charge on any atom is 0.195 e. The van der Waals surface area contributed by atoms with Crippen molar-refractivity contribution in [3.63, 3.8) is 0 Å². The Morgan fingerprint density at radius 1 is 1.05 bits per heavy atom. The van der Waals surface area contributed by atoms with E-state index in [4.69, 9.17) is 21.1 Å². The first kappa shape index (κ1) is 15.4. The van der Waals surface area contributed by atoms with E-state index in [0.717, 1.165) is 0 Å². The van der Waals surface area contributed by atoms with Gasteiger partial charge < -0.3 is 14.6 Å². The SMILES string of the molecule is COc1ccc(C(O)C(=O)c2ccc(Cl)cc2)cc1OC. The van der Waals surface area contributed by atoms with E-state index in [2.05, 4.69) is 0 Å². The molecule has 0 amide bonds. The Morgan fingerprint density at radius 2 is 1.67 bits per heavy atom. The fraction of sp³-hybridized carbons (Fsp3) is 0.188. The van der Waals surface area contributed by atoms with Gasteiger partial charge in [0.15, 0.2) is 17.3 Å². The van der Waals surface area contributed by atoms with E-state index in [0.29, 0.717) is 27.6 Å². The maximum atomic E-state index is 12.2. The van der Waals surface area contributed by atoms with E-state index in [-0.39, 0.29) is 0 Å². The highest BCUT2D eigenvalue weighted by molar-refractivity contribution is 6.30. The monoisotopic (exact) mass is 306 g/mol. The maximum absolute atomic E-state index is 12.2. The summed E-state index contributed by atoms with van der Waals surface area (Å²) in [4.78, 5) is 12.2. The molecule has 4 nitrogen and oxygen atoms in total. The Morgan fingerprint density at radius 3 is 2.24 bits per heavy atom. The van der Waals surface area contributed by atoms with Crippen LogP contribution in [0.3, 0.4) is 0 Å². The average molecular weight is 307 g/mol. The topological polar surface area (TPSA) is 55.8 Å². The van der Waals surface area contributed by atoms with E-state index < -0.39 is 11.9 Å². The Kier molecular flexibility index (Phi) is 4.83. The zero-order valence-corrected chi connectivity index (χ0v) is 12.4. The van der Waals surface area contributed by atoms with Gasteiger partial charge in [0.1, 0.15) is 6.10 Å². The fourth-order valence-corrected chi connectivity index (χ4v) is 2.07. The second kappa shape index (κ2) is 6.61. The number of carbonyl (C=O) groups excluding carboxylic acids is 1. The highest BCUT2D eigenvalue weighted by Crippen LogP contribution is 2.31. The fourth-order valence-electron chi connectivity index (χ4n) is 1.95. The molecule has 110 valence electrons. The van der Waals surface area contributed by atoms with Crippen LogP contribution in [0.15, 0.2) is 42.5 Å². The number of ketones is 1. The number of rotatable bonds is 5. The molecule has 0 aliphatic carbocycles. The van der Waals surface area contributed by atoms with Crippen molar-refractivity contribution in [1.82, 2.24) is 0 Å². The second-order valence-corrected chi connectivity index (χ2v) is 4.82. The lowest BCUT2D eigenvalue weighted by atomic mass is 9.99. The highest BCUT2D eigenvalue weighted by Gasteiger charge is 2.20. The number of hydrogen-bond acceptors (Lipinski definition) is 4. The van der Waals surface area contributed by atoms with Gasteiger partial charge in [-0.2, -0.15) is 0 Å². The molecule has 0 aromatic heterocycles. The largest absolute Gasteiger partial charge is 0.493 e. The summed E-state index contributed by atoms with van der Waals surface area (Å²) < 4.78 is 10.3. The summed E-state index contributed by atoms with van der Waals surface area (Å²) in [7, 11) is 3.02. The Labute approximate surface area is 127 Å². The van der Waals surface area contributed by atoms with Crippen molar-refractivity contribution in [2.45, 2.75) is 6.10 Å². The molecule has 0 saturated carbocycles. The van der Waals surface area contributed by atoms with Crippen molar-refractivity contribution in [3.8, 4) is 11.5 Å². The van der Waals surface area contributed by atoms with Crippen LogP contribution in [0.5, 0.6) is 11.5 Å². The van der Waals surface area contributed by atoms with Gasteiger partial charge in [-0.1, -0.05) is 17.7 Å². The molecule has 1 N–H and O–H groups in total. The molecule has 1 unspecified atom stereocenters. The molecule has 2 aromatic rings. The molecule has 0 heterocycles. The van der Waals surface area contributed by atoms with Gasteiger partial charge in [-0.05, 0) is 42.0 Å². The zero-order chi connectivity index (χ0) is 15.4. The van der Waals surface area contributed by atoms with Crippen LogP contribution in [0.1, 0.15) is 22.0 Å². The molecule has 0 bridgehead atoms. The summed E-state index contributed by atoms with van der Waals surface area (Å²) >= 11 is 5.78. The Balaban J connectivity index is 2.28.